The van der Waals surface area contributed by atoms with Gasteiger partial charge in [0.25, 0.3) is 0 Å². The quantitative estimate of drug-likeness (QED) is 0.167. The van der Waals surface area contributed by atoms with Gasteiger partial charge < -0.3 is 14.5 Å². The Kier molecular flexibility index (Phi) is 9.41. The SMILES string of the molecule is CC(C)(C)c1cc(-c2ccccc2)c(N2CN(c3cccc(Oc4ccc5c6cccc7c8ccccc8c8ccccc8c8cccnc8n(c5c4)c76)c3)c3ccccc32)c(-c2ccccc2)c1. The van der Waals surface area contributed by atoms with Crippen LogP contribution in [0.1, 0.15) is 26.3 Å². The average molecular weight is 889 g/mol. The molecule has 1 aliphatic rings. The predicted molar refractivity (Wildman–Crippen MR) is 290 cm³/mol. The van der Waals surface area contributed by atoms with Gasteiger partial charge in [-0.25, -0.2) is 4.98 Å². The number of hydrogen-bond acceptors (Lipinski definition) is 4. The summed E-state index contributed by atoms with van der Waals surface area (Å²) in [4.78, 5) is 10.1. The Labute approximate surface area is 401 Å². The maximum absolute atomic E-state index is 6.94. The van der Waals surface area contributed by atoms with Crippen molar-refractivity contribution in [1.82, 2.24) is 9.38 Å². The molecular formula is C64H48N4O. The van der Waals surface area contributed by atoms with E-state index in [9.17, 15) is 0 Å². The zero-order valence-electron chi connectivity index (χ0n) is 38.8. The number of hydrogen-bond donors (Lipinski definition) is 0. The lowest BCUT2D eigenvalue weighted by atomic mass is 9.82. The van der Waals surface area contributed by atoms with E-state index >= 15 is 0 Å². The van der Waals surface area contributed by atoms with Crippen LogP contribution >= 0.6 is 0 Å². The lowest BCUT2D eigenvalue weighted by Crippen LogP contribution is -2.25. The number of benzene rings is 9. The molecule has 5 heteroatoms. The lowest BCUT2D eigenvalue weighted by Gasteiger charge is -2.30. The molecular weight excluding hydrogens is 841 g/mol. The Balaban J connectivity index is 0.950. The zero-order valence-corrected chi connectivity index (χ0v) is 38.8. The van der Waals surface area contributed by atoms with Crippen LogP contribution in [0.4, 0.5) is 22.7 Å². The number of rotatable bonds is 6. The van der Waals surface area contributed by atoms with E-state index in [0.29, 0.717) is 6.67 Å². The molecule has 0 aliphatic carbocycles. The summed E-state index contributed by atoms with van der Waals surface area (Å²) in [7, 11) is 0. The van der Waals surface area contributed by atoms with Gasteiger partial charge in [0.2, 0.25) is 0 Å². The maximum atomic E-state index is 6.94. The summed E-state index contributed by atoms with van der Waals surface area (Å²) in [6.07, 6.45) is 1.90. The van der Waals surface area contributed by atoms with Crippen molar-refractivity contribution in [2.24, 2.45) is 0 Å². The topological polar surface area (TPSA) is 33.0 Å². The van der Waals surface area contributed by atoms with Gasteiger partial charge in [0.05, 0.1) is 28.1 Å². The van der Waals surface area contributed by atoms with E-state index in [1.807, 2.05) is 12.3 Å². The first-order chi connectivity index (χ1) is 33.9. The standard InChI is InChI=1S/C64H48N4O/c1-64(2,3)44-37-56(42-19-6-4-7-20-42)61(57(38-44)43-21-8-5-9-22-43)67-41-66(58-32-14-15-33-59(58)67)45-23-16-24-46(39-45)69-47-34-35-52-54-30-17-29-53-50-27-12-10-25-48(50)49-26-11-13-28-51(49)55-31-18-36-65-63(55)68(62(53)54)60(52)40-47/h4-40H,41H2,1-3H3. The van der Waals surface area contributed by atoms with Crippen LogP contribution in [0.15, 0.2) is 225 Å². The number of pyridine rings is 1. The number of fused-ring (bicyclic) bond motifs is 11. The Bertz CT molecular complexity index is 3960. The van der Waals surface area contributed by atoms with E-state index in [1.54, 1.807) is 0 Å². The number of anilines is 4. The summed E-state index contributed by atoms with van der Waals surface area (Å²) in [6, 6.07) is 78.7. The highest BCUT2D eigenvalue weighted by atomic mass is 16.5. The molecule has 0 radical (unpaired) electrons. The maximum Gasteiger partial charge on any atom is 0.145 e. The molecule has 12 aromatic rings. The molecule has 0 bridgehead atoms. The summed E-state index contributed by atoms with van der Waals surface area (Å²) in [5.41, 5.74) is 13.6. The molecule has 0 saturated heterocycles. The second-order valence-corrected chi connectivity index (χ2v) is 19.2. The highest BCUT2D eigenvalue weighted by Crippen LogP contribution is 2.52. The van der Waals surface area contributed by atoms with Crippen molar-refractivity contribution < 1.29 is 4.74 Å². The number of ether oxygens (including phenoxy) is 1. The van der Waals surface area contributed by atoms with E-state index in [2.05, 4.69) is 247 Å². The molecule has 0 amide bonds. The molecule has 0 saturated carbocycles. The first-order valence-corrected chi connectivity index (χ1v) is 23.8. The molecule has 0 spiro atoms. The Morgan fingerprint density at radius 2 is 0.957 bits per heavy atom. The van der Waals surface area contributed by atoms with E-state index in [4.69, 9.17) is 9.72 Å². The summed E-state index contributed by atoms with van der Waals surface area (Å²) < 4.78 is 9.29. The molecule has 4 heterocycles. The van der Waals surface area contributed by atoms with E-state index < -0.39 is 0 Å². The van der Waals surface area contributed by atoms with Crippen molar-refractivity contribution in [3.05, 3.63) is 230 Å². The monoisotopic (exact) mass is 888 g/mol. The third-order valence-electron chi connectivity index (χ3n) is 14.0. The zero-order chi connectivity index (χ0) is 46.2. The minimum atomic E-state index is -0.0571. The van der Waals surface area contributed by atoms with Crippen LogP contribution in [0.5, 0.6) is 11.5 Å². The van der Waals surface area contributed by atoms with Gasteiger partial charge >= 0.3 is 0 Å². The van der Waals surface area contributed by atoms with Gasteiger partial charge in [-0.05, 0) is 104 Å². The predicted octanol–water partition coefficient (Wildman–Crippen LogP) is 17.3. The van der Waals surface area contributed by atoms with Crippen molar-refractivity contribution >= 4 is 82.5 Å². The van der Waals surface area contributed by atoms with Gasteiger partial charge in [-0.3, -0.25) is 4.40 Å². The van der Waals surface area contributed by atoms with Crippen LogP contribution in [0.2, 0.25) is 0 Å². The summed E-state index contributed by atoms with van der Waals surface area (Å²) in [5.74, 6) is 1.51. The molecule has 3 aromatic heterocycles. The minimum Gasteiger partial charge on any atom is -0.457 e. The van der Waals surface area contributed by atoms with Crippen LogP contribution < -0.4 is 14.5 Å². The van der Waals surface area contributed by atoms with Gasteiger partial charge in [-0.1, -0.05) is 166 Å². The van der Waals surface area contributed by atoms with Gasteiger partial charge in [0.1, 0.15) is 23.8 Å². The molecule has 9 aromatic carbocycles. The summed E-state index contributed by atoms with van der Waals surface area (Å²) in [5, 5.41) is 9.29. The van der Waals surface area contributed by atoms with Gasteiger partial charge in [-0.15, -0.1) is 0 Å². The van der Waals surface area contributed by atoms with Gasteiger partial charge in [0, 0.05) is 56.7 Å². The van der Waals surface area contributed by atoms with Gasteiger partial charge in [-0.2, -0.15) is 0 Å². The van der Waals surface area contributed by atoms with Crippen molar-refractivity contribution in [2.75, 3.05) is 16.5 Å². The Morgan fingerprint density at radius 3 is 1.61 bits per heavy atom. The van der Waals surface area contributed by atoms with Crippen LogP contribution in [0.3, 0.4) is 0 Å². The summed E-state index contributed by atoms with van der Waals surface area (Å²) in [6.45, 7) is 7.52. The van der Waals surface area contributed by atoms with Crippen LogP contribution in [-0.4, -0.2) is 16.1 Å². The van der Waals surface area contributed by atoms with Crippen molar-refractivity contribution in [3.8, 4) is 33.8 Å². The van der Waals surface area contributed by atoms with Crippen molar-refractivity contribution in [1.29, 1.82) is 0 Å². The average Bonchev–Trinajstić information content (AvgIpc) is 3.95. The molecule has 0 N–H and O–H groups in total. The number of nitrogens with zero attached hydrogens (tertiary/aromatic N) is 4. The smallest absolute Gasteiger partial charge is 0.145 e. The highest BCUT2D eigenvalue weighted by molar-refractivity contribution is 6.24. The Morgan fingerprint density at radius 1 is 0.435 bits per heavy atom. The molecule has 69 heavy (non-hydrogen) atoms. The van der Waals surface area contributed by atoms with Crippen LogP contribution in [-0.2, 0) is 5.41 Å². The summed E-state index contributed by atoms with van der Waals surface area (Å²) >= 11 is 0. The Hall–Kier alpha value is -8.67. The third kappa shape index (κ3) is 6.72. The fraction of sp³-hybridized carbons (Fsp3) is 0.0781. The second-order valence-electron chi connectivity index (χ2n) is 19.2. The minimum absolute atomic E-state index is 0.0571. The van der Waals surface area contributed by atoms with E-state index in [-0.39, 0.29) is 5.41 Å². The van der Waals surface area contributed by atoms with E-state index in [1.165, 1.54) is 60.4 Å². The van der Waals surface area contributed by atoms with Crippen LogP contribution in [0, 0.1) is 0 Å². The first-order valence-electron chi connectivity index (χ1n) is 23.8. The van der Waals surface area contributed by atoms with Crippen LogP contribution in [0.25, 0.3) is 82.0 Å². The van der Waals surface area contributed by atoms with Gasteiger partial charge in [0.15, 0.2) is 0 Å². The first kappa shape index (κ1) is 40.6. The second kappa shape index (κ2) is 16.0. The van der Waals surface area contributed by atoms with Crippen molar-refractivity contribution in [2.45, 2.75) is 26.2 Å². The molecule has 0 fully saturated rings. The third-order valence-corrected chi connectivity index (χ3v) is 14.0. The lowest BCUT2D eigenvalue weighted by molar-refractivity contribution is 0.483. The fourth-order valence-corrected chi connectivity index (χ4v) is 10.7. The fourth-order valence-electron chi connectivity index (χ4n) is 10.7. The highest BCUT2D eigenvalue weighted by Gasteiger charge is 2.33. The largest absolute Gasteiger partial charge is 0.457 e. The number of aromatic nitrogens is 2. The van der Waals surface area contributed by atoms with Crippen molar-refractivity contribution in [3.63, 3.8) is 0 Å². The molecule has 5 nitrogen and oxygen atoms in total. The molecule has 0 atom stereocenters. The normalized spacial score (nSPS) is 12.7. The van der Waals surface area contributed by atoms with E-state index in [0.717, 1.165) is 61.4 Å². The molecule has 330 valence electrons. The number of para-hydroxylation sites is 3. The molecule has 13 rings (SSSR count). The molecule has 1 aliphatic heterocycles. The molecule has 0 unspecified atom stereocenters.